The summed E-state index contributed by atoms with van der Waals surface area (Å²) in [5, 5.41) is 7.70. The summed E-state index contributed by atoms with van der Waals surface area (Å²) >= 11 is 7.51. The van der Waals surface area contributed by atoms with E-state index in [9.17, 15) is 0 Å². The van der Waals surface area contributed by atoms with Crippen LogP contribution in [-0.4, -0.2) is 16.3 Å². The first-order valence-electron chi connectivity index (χ1n) is 5.91. The lowest BCUT2D eigenvalue weighted by molar-refractivity contribution is 0.747. The number of hydrogen-bond acceptors (Lipinski definition) is 4. The van der Waals surface area contributed by atoms with Gasteiger partial charge >= 0.3 is 0 Å². The van der Waals surface area contributed by atoms with E-state index in [1.54, 1.807) is 16.0 Å². The molecule has 98 valence electrons. The number of halogens is 1. The average molecular weight is 285 g/mol. The third-order valence-corrected chi connectivity index (χ3v) is 4.08. The molecule has 0 atom stereocenters. The lowest BCUT2D eigenvalue weighted by atomic mass is 10.3. The van der Waals surface area contributed by atoms with Crippen LogP contribution in [0.1, 0.15) is 17.5 Å². The molecule has 0 amide bonds. The zero-order chi connectivity index (χ0) is 13.1. The molecule has 0 saturated heterocycles. The largest absolute Gasteiger partial charge is 0.394 e. The number of nitrogens with two attached hydrogens (primary N) is 1. The zero-order valence-corrected chi connectivity index (χ0v) is 12.1. The highest BCUT2D eigenvalue weighted by molar-refractivity contribution is 7.16. The molecule has 2 aromatic rings. The summed E-state index contributed by atoms with van der Waals surface area (Å²) in [4.78, 5) is 1.27. The van der Waals surface area contributed by atoms with Crippen LogP contribution in [0.25, 0.3) is 0 Å². The van der Waals surface area contributed by atoms with Crippen LogP contribution in [-0.2, 0) is 19.9 Å². The molecule has 6 heteroatoms. The third-order valence-electron chi connectivity index (χ3n) is 2.79. The number of nitrogen functional groups attached to an aromatic ring is 1. The van der Waals surface area contributed by atoms with Crippen LogP contribution < -0.4 is 11.1 Å². The molecule has 0 bridgehead atoms. The Kier molecular flexibility index (Phi) is 4.14. The predicted octanol–water partition coefficient (Wildman–Crippen LogP) is 2.93. The fourth-order valence-corrected chi connectivity index (χ4v) is 2.94. The topological polar surface area (TPSA) is 55.9 Å². The highest BCUT2D eigenvalue weighted by Crippen LogP contribution is 2.24. The second-order valence-corrected chi connectivity index (χ2v) is 5.87. The molecule has 2 rings (SSSR count). The Labute approximate surface area is 116 Å². The van der Waals surface area contributed by atoms with Gasteiger partial charge in [-0.05, 0) is 25.0 Å². The molecule has 0 saturated carbocycles. The number of nitrogens with zero attached hydrogens (tertiary/aromatic N) is 2. The SMILES string of the molecule is CCc1nn(C)c(NCCc2ccc(Cl)s2)c1N. The monoisotopic (exact) mass is 284 g/mol. The van der Waals surface area contributed by atoms with E-state index in [0.29, 0.717) is 0 Å². The Bertz CT molecular complexity index is 532. The minimum atomic E-state index is 0.754. The molecular weight excluding hydrogens is 268 g/mol. The van der Waals surface area contributed by atoms with Crippen molar-refractivity contribution in [3.63, 3.8) is 0 Å². The summed E-state index contributed by atoms with van der Waals surface area (Å²) in [6.45, 7) is 2.87. The molecule has 0 spiro atoms. The van der Waals surface area contributed by atoms with Crippen molar-refractivity contribution in [2.45, 2.75) is 19.8 Å². The smallest absolute Gasteiger partial charge is 0.147 e. The van der Waals surface area contributed by atoms with E-state index in [2.05, 4.69) is 23.4 Å². The molecule has 2 aromatic heterocycles. The van der Waals surface area contributed by atoms with E-state index in [4.69, 9.17) is 17.3 Å². The molecular formula is C12H17ClN4S. The summed E-state index contributed by atoms with van der Waals surface area (Å²) < 4.78 is 2.63. The Morgan fingerprint density at radius 1 is 1.50 bits per heavy atom. The molecule has 18 heavy (non-hydrogen) atoms. The maximum atomic E-state index is 6.03. The number of hydrogen-bond donors (Lipinski definition) is 2. The van der Waals surface area contributed by atoms with Gasteiger partial charge in [-0.3, -0.25) is 4.68 Å². The van der Waals surface area contributed by atoms with Crippen molar-refractivity contribution in [3.05, 3.63) is 27.0 Å². The zero-order valence-electron chi connectivity index (χ0n) is 10.5. The van der Waals surface area contributed by atoms with E-state index in [-0.39, 0.29) is 0 Å². The van der Waals surface area contributed by atoms with Crippen LogP contribution in [0.2, 0.25) is 4.34 Å². The molecule has 0 aliphatic rings. The van der Waals surface area contributed by atoms with E-state index in [0.717, 1.165) is 40.9 Å². The van der Waals surface area contributed by atoms with E-state index in [1.807, 2.05) is 13.1 Å². The van der Waals surface area contributed by atoms with Gasteiger partial charge in [0.1, 0.15) is 5.82 Å². The number of thiophene rings is 1. The lowest BCUT2D eigenvalue weighted by Gasteiger charge is -2.06. The number of aryl methyl sites for hydroxylation is 2. The molecule has 2 heterocycles. The fraction of sp³-hybridized carbons (Fsp3) is 0.417. The number of nitrogens with one attached hydrogen (secondary N) is 1. The van der Waals surface area contributed by atoms with Gasteiger partial charge < -0.3 is 11.1 Å². The van der Waals surface area contributed by atoms with E-state index < -0.39 is 0 Å². The molecule has 0 unspecified atom stereocenters. The Balaban J connectivity index is 1.96. The summed E-state index contributed by atoms with van der Waals surface area (Å²) in [6, 6.07) is 3.98. The molecule has 0 aromatic carbocycles. The van der Waals surface area contributed by atoms with Crippen LogP contribution in [0.3, 0.4) is 0 Å². The van der Waals surface area contributed by atoms with Crippen LogP contribution in [0.5, 0.6) is 0 Å². The third kappa shape index (κ3) is 2.79. The molecule has 4 nitrogen and oxygen atoms in total. The molecule has 3 N–H and O–H groups in total. The first-order chi connectivity index (χ1) is 8.61. The molecule has 0 radical (unpaired) electrons. The standard InChI is InChI=1S/C12H17ClN4S/c1-3-9-11(14)12(17(2)16-9)15-7-6-8-4-5-10(13)18-8/h4-5,15H,3,6-7,14H2,1-2H3. The van der Waals surface area contributed by atoms with Gasteiger partial charge in [0.25, 0.3) is 0 Å². The van der Waals surface area contributed by atoms with Gasteiger partial charge in [-0.1, -0.05) is 18.5 Å². The van der Waals surface area contributed by atoms with Gasteiger partial charge in [0, 0.05) is 18.5 Å². The van der Waals surface area contributed by atoms with Crippen molar-refractivity contribution in [1.29, 1.82) is 0 Å². The first-order valence-corrected chi connectivity index (χ1v) is 7.10. The van der Waals surface area contributed by atoms with Crippen LogP contribution >= 0.6 is 22.9 Å². The quantitative estimate of drug-likeness (QED) is 0.887. The molecule has 0 aliphatic carbocycles. The van der Waals surface area contributed by atoms with Crippen molar-refractivity contribution in [2.75, 3.05) is 17.6 Å². The van der Waals surface area contributed by atoms with E-state index >= 15 is 0 Å². The van der Waals surface area contributed by atoms with Gasteiger partial charge in [0.15, 0.2) is 0 Å². The minimum absolute atomic E-state index is 0.754. The second-order valence-electron chi connectivity index (χ2n) is 4.07. The van der Waals surface area contributed by atoms with Crippen molar-refractivity contribution >= 4 is 34.4 Å². The predicted molar refractivity (Wildman–Crippen MR) is 78.5 cm³/mol. The number of aromatic nitrogens is 2. The van der Waals surface area contributed by atoms with Crippen LogP contribution in [0.4, 0.5) is 11.5 Å². The van der Waals surface area contributed by atoms with Gasteiger partial charge in [-0.2, -0.15) is 5.10 Å². The molecule has 0 aliphatic heterocycles. The van der Waals surface area contributed by atoms with Gasteiger partial charge in [-0.15, -0.1) is 11.3 Å². The van der Waals surface area contributed by atoms with E-state index in [1.165, 1.54) is 4.88 Å². The van der Waals surface area contributed by atoms with Crippen molar-refractivity contribution in [3.8, 4) is 0 Å². The maximum absolute atomic E-state index is 6.03. The van der Waals surface area contributed by atoms with Gasteiger partial charge in [-0.25, -0.2) is 0 Å². The minimum Gasteiger partial charge on any atom is -0.394 e. The summed E-state index contributed by atoms with van der Waals surface area (Å²) in [7, 11) is 1.90. The highest BCUT2D eigenvalue weighted by Gasteiger charge is 2.11. The van der Waals surface area contributed by atoms with Crippen molar-refractivity contribution < 1.29 is 0 Å². The van der Waals surface area contributed by atoms with Gasteiger partial charge in [0.05, 0.1) is 15.7 Å². The van der Waals surface area contributed by atoms with Crippen LogP contribution in [0, 0.1) is 0 Å². The highest BCUT2D eigenvalue weighted by atomic mass is 35.5. The Hall–Kier alpha value is -1.20. The fourth-order valence-electron chi connectivity index (χ4n) is 1.86. The average Bonchev–Trinajstić information content (AvgIpc) is 2.86. The first kappa shape index (κ1) is 13.2. The maximum Gasteiger partial charge on any atom is 0.147 e. The van der Waals surface area contributed by atoms with Crippen molar-refractivity contribution in [1.82, 2.24) is 9.78 Å². The molecule has 0 fully saturated rings. The van der Waals surface area contributed by atoms with Crippen LogP contribution in [0.15, 0.2) is 12.1 Å². The van der Waals surface area contributed by atoms with Crippen molar-refractivity contribution in [2.24, 2.45) is 7.05 Å². The van der Waals surface area contributed by atoms with Gasteiger partial charge in [0.2, 0.25) is 0 Å². The summed E-state index contributed by atoms with van der Waals surface area (Å²) in [5.74, 6) is 0.898. The number of anilines is 2. The lowest BCUT2D eigenvalue weighted by Crippen LogP contribution is -2.09. The second kappa shape index (κ2) is 5.63. The normalized spacial score (nSPS) is 10.8. The Morgan fingerprint density at radius 2 is 2.28 bits per heavy atom. The summed E-state index contributed by atoms with van der Waals surface area (Å²) in [6.07, 6.45) is 1.78. The number of rotatable bonds is 5. The summed E-state index contributed by atoms with van der Waals surface area (Å²) in [5.41, 5.74) is 7.73. The Morgan fingerprint density at radius 3 is 2.83 bits per heavy atom.